The summed E-state index contributed by atoms with van der Waals surface area (Å²) in [6.07, 6.45) is 20.3. The molecule has 0 fully saturated rings. The SMILES string of the molecule is CCCCCCCCCCCCCCCCCCOS(=O)(=O)[O-].O.[Al+3]. The summed E-state index contributed by atoms with van der Waals surface area (Å²) in [6, 6.07) is 0. The second-order valence-corrected chi connectivity index (χ2v) is 7.59. The summed E-state index contributed by atoms with van der Waals surface area (Å²) in [5, 5.41) is 0. The molecule has 0 aliphatic rings. The van der Waals surface area contributed by atoms with Crippen LogP contribution < -0.4 is 0 Å². The molecule has 25 heavy (non-hydrogen) atoms. The molecular weight excluding hydrogens is 355 g/mol. The Morgan fingerprint density at radius 2 is 0.920 bits per heavy atom. The predicted molar refractivity (Wildman–Crippen MR) is 105 cm³/mol. The van der Waals surface area contributed by atoms with Crippen LogP contribution in [0.15, 0.2) is 0 Å². The van der Waals surface area contributed by atoms with Crippen LogP contribution in [-0.4, -0.2) is 42.4 Å². The van der Waals surface area contributed by atoms with Gasteiger partial charge in [0.2, 0.25) is 10.4 Å². The molecule has 0 unspecified atom stereocenters. The van der Waals surface area contributed by atoms with Crippen molar-refractivity contribution in [3.8, 4) is 0 Å². The fourth-order valence-corrected chi connectivity index (χ4v) is 3.13. The van der Waals surface area contributed by atoms with Crippen molar-refractivity contribution < 1.29 is 22.6 Å². The van der Waals surface area contributed by atoms with Crippen LogP contribution in [0, 0.1) is 0 Å². The van der Waals surface area contributed by atoms with Crippen molar-refractivity contribution >= 4 is 27.8 Å². The maximum Gasteiger partial charge on any atom is 3.00 e. The number of hydrogen-bond acceptors (Lipinski definition) is 4. The van der Waals surface area contributed by atoms with E-state index >= 15 is 0 Å². The fourth-order valence-electron chi connectivity index (χ4n) is 2.81. The Kier molecular flexibility index (Phi) is 27.0. The van der Waals surface area contributed by atoms with Gasteiger partial charge in [-0.1, -0.05) is 103 Å². The average molecular weight is 395 g/mol. The monoisotopic (exact) mass is 394 g/mol. The largest absolute Gasteiger partial charge is 3.00 e. The van der Waals surface area contributed by atoms with Crippen LogP contribution in [0.4, 0.5) is 0 Å². The van der Waals surface area contributed by atoms with Crippen molar-refractivity contribution in [2.45, 2.75) is 110 Å². The molecule has 0 atom stereocenters. The van der Waals surface area contributed by atoms with E-state index < -0.39 is 10.4 Å². The molecule has 0 saturated carbocycles. The number of rotatable bonds is 18. The molecule has 0 saturated heterocycles. The normalized spacial score (nSPS) is 11.0. The Bertz CT molecular complexity index is 336. The van der Waals surface area contributed by atoms with E-state index in [0.29, 0.717) is 6.42 Å². The molecule has 0 amide bonds. The summed E-state index contributed by atoms with van der Waals surface area (Å²) in [6.45, 7) is 2.29. The van der Waals surface area contributed by atoms with Crippen molar-refractivity contribution in [1.82, 2.24) is 0 Å². The van der Waals surface area contributed by atoms with E-state index in [1.54, 1.807) is 0 Å². The minimum atomic E-state index is -4.49. The summed E-state index contributed by atoms with van der Waals surface area (Å²) in [5.41, 5.74) is 0. The van der Waals surface area contributed by atoms with Crippen molar-refractivity contribution in [2.24, 2.45) is 0 Å². The second-order valence-electron chi connectivity index (χ2n) is 6.53. The minimum Gasteiger partial charge on any atom is -0.726 e. The Labute approximate surface area is 166 Å². The van der Waals surface area contributed by atoms with Gasteiger partial charge in [-0.3, -0.25) is 4.18 Å². The third-order valence-corrected chi connectivity index (χ3v) is 4.68. The number of unbranched alkanes of at least 4 members (excludes halogenated alkanes) is 15. The summed E-state index contributed by atoms with van der Waals surface area (Å²) in [5.74, 6) is 0. The van der Waals surface area contributed by atoms with Gasteiger partial charge in [-0.2, -0.15) is 0 Å². The van der Waals surface area contributed by atoms with Gasteiger partial charge >= 0.3 is 17.4 Å². The van der Waals surface area contributed by atoms with Crippen molar-refractivity contribution in [2.75, 3.05) is 6.61 Å². The molecule has 5 nitrogen and oxygen atoms in total. The zero-order valence-electron chi connectivity index (χ0n) is 16.1. The minimum absolute atomic E-state index is 0. The van der Waals surface area contributed by atoms with Gasteiger partial charge in [-0.05, 0) is 6.42 Å². The predicted octanol–water partition coefficient (Wildman–Crippen LogP) is 4.52. The van der Waals surface area contributed by atoms with Crippen LogP contribution in [0.2, 0.25) is 0 Å². The zero-order chi connectivity index (χ0) is 17.2. The first-order chi connectivity index (χ1) is 11.1. The van der Waals surface area contributed by atoms with E-state index in [1.165, 1.54) is 83.5 Å². The van der Waals surface area contributed by atoms with Crippen LogP contribution in [0.5, 0.6) is 0 Å². The van der Waals surface area contributed by atoms with Crippen LogP contribution in [0.25, 0.3) is 0 Å². The molecule has 0 aromatic rings. The Hall–Kier alpha value is 0.362. The molecular formula is C18H39AlO5S+2. The molecule has 0 rings (SSSR count). The topological polar surface area (TPSA) is 97.9 Å². The summed E-state index contributed by atoms with van der Waals surface area (Å²) in [7, 11) is -4.49. The molecule has 0 heterocycles. The Balaban J connectivity index is -0.00000242. The van der Waals surface area contributed by atoms with Gasteiger partial charge in [0.15, 0.2) is 0 Å². The van der Waals surface area contributed by atoms with E-state index in [1.807, 2.05) is 0 Å². The Morgan fingerprint density at radius 1 is 0.640 bits per heavy atom. The van der Waals surface area contributed by atoms with Crippen LogP contribution in [0.3, 0.4) is 0 Å². The van der Waals surface area contributed by atoms with Gasteiger partial charge < -0.3 is 10.0 Å². The molecule has 0 aromatic heterocycles. The summed E-state index contributed by atoms with van der Waals surface area (Å²) < 4.78 is 34.8. The van der Waals surface area contributed by atoms with Crippen LogP contribution in [0.1, 0.15) is 110 Å². The maximum absolute atomic E-state index is 10.2. The van der Waals surface area contributed by atoms with Crippen molar-refractivity contribution in [3.05, 3.63) is 0 Å². The first-order valence-electron chi connectivity index (χ1n) is 9.66. The van der Waals surface area contributed by atoms with Crippen LogP contribution in [-0.2, 0) is 14.6 Å². The molecule has 0 aliphatic carbocycles. The van der Waals surface area contributed by atoms with Gasteiger partial charge in [0.25, 0.3) is 0 Å². The number of hydrogen-bond donors (Lipinski definition) is 0. The van der Waals surface area contributed by atoms with E-state index in [4.69, 9.17) is 0 Å². The van der Waals surface area contributed by atoms with Crippen molar-refractivity contribution in [3.63, 3.8) is 0 Å². The maximum atomic E-state index is 10.2. The molecule has 0 aromatic carbocycles. The molecule has 0 bridgehead atoms. The molecule has 0 aliphatic heterocycles. The van der Waals surface area contributed by atoms with E-state index in [9.17, 15) is 13.0 Å². The Morgan fingerprint density at radius 3 is 1.20 bits per heavy atom. The van der Waals surface area contributed by atoms with Gasteiger partial charge in [0.1, 0.15) is 0 Å². The average Bonchev–Trinajstić information content (AvgIpc) is 2.49. The first kappa shape index (κ1) is 30.1. The zero-order valence-corrected chi connectivity index (χ0v) is 18.1. The van der Waals surface area contributed by atoms with Crippen LogP contribution >= 0.6 is 0 Å². The third-order valence-electron chi connectivity index (χ3n) is 4.23. The molecule has 2 N–H and O–H groups in total. The molecule has 7 heteroatoms. The molecule has 0 spiro atoms. The van der Waals surface area contributed by atoms with E-state index in [2.05, 4.69) is 11.1 Å². The summed E-state index contributed by atoms with van der Waals surface area (Å²) in [4.78, 5) is 0. The summed E-state index contributed by atoms with van der Waals surface area (Å²) >= 11 is 0. The smallest absolute Gasteiger partial charge is 0.726 e. The van der Waals surface area contributed by atoms with E-state index in [0.717, 1.165) is 12.8 Å². The standard InChI is InChI=1S/C18H38O4S.Al.H2O/c1-2-3-4-5-6-7-8-9-10-11-12-13-14-15-16-17-18-22-23(19,20)21;;/h2-18H2,1H3,(H,19,20,21);;1H2/q;+3;/p-1. The fraction of sp³-hybridized carbons (Fsp3) is 1.00. The van der Waals surface area contributed by atoms with Gasteiger partial charge in [-0.15, -0.1) is 0 Å². The quantitative estimate of drug-likeness (QED) is 0.148. The van der Waals surface area contributed by atoms with Gasteiger partial charge in [0, 0.05) is 0 Å². The van der Waals surface area contributed by atoms with Gasteiger partial charge in [0.05, 0.1) is 6.61 Å². The third kappa shape index (κ3) is 29.4. The first-order valence-corrected chi connectivity index (χ1v) is 11.0. The second kappa shape index (κ2) is 22.4. The molecule has 0 radical (unpaired) electrons. The van der Waals surface area contributed by atoms with Crippen molar-refractivity contribution in [1.29, 1.82) is 0 Å². The molecule has 148 valence electrons. The van der Waals surface area contributed by atoms with E-state index in [-0.39, 0.29) is 29.4 Å². The van der Waals surface area contributed by atoms with Gasteiger partial charge in [-0.25, -0.2) is 8.42 Å².